The SMILES string of the molecule is CC(C)[C@H](F)C(=O)NI. The molecule has 0 rings (SSSR count). The smallest absolute Gasteiger partial charge is 0.263 e. The molecule has 0 heterocycles. The summed E-state index contributed by atoms with van der Waals surface area (Å²) in [7, 11) is 0. The maximum atomic E-state index is 12.5. The van der Waals surface area contributed by atoms with E-state index >= 15 is 0 Å². The number of hydrogen-bond acceptors (Lipinski definition) is 1. The molecule has 1 amide bonds. The van der Waals surface area contributed by atoms with Crippen LogP contribution in [0.1, 0.15) is 13.8 Å². The van der Waals surface area contributed by atoms with Crippen LogP contribution in [0.2, 0.25) is 0 Å². The summed E-state index contributed by atoms with van der Waals surface area (Å²) in [5, 5.41) is 0. The lowest BCUT2D eigenvalue weighted by atomic mass is 10.1. The number of amides is 1. The molecule has 0 aromatic heterocycles. The zero-order valence-corrected chi connectivity index (χ0v) is 7.48. The highest BCUT2D eigenvalue weighted by atomic mass is 127. The van der Waals surface area contributed by atoms with E-state index in [1.807, 2.05) is 0 Å². The normalized spacial score (nSPS) is 13.4. The van der Waals surface area contributed by atoms with Crippen LogP contribution in [0.25, 0.3) is 0 Å². The minimum Gasteiger partial charge on any atom is -0.296 e. The van der Waals surface area contributed by atoms with E-state index < -0.39 is 12.1 Å². The first kappa shape index (κ1) is 9.13. The van der Waals surface area contributed by atoms with Crippen LogP contribution in [0.15, 0.2) is 0 Å². The van der Waals surface area contributed by atoms with Crippen molar-refractivity contribution in [3.05, 3.63) is 0 Å². The minimum absolute atomic E-state index is 0.236. The van der Waals surface area contributed by atoms with Gasteiger partial charge in [-0.25, -0.2) is 4.39 Å². The van der Waals surface area contributed by atoms with E-state index in [-0.39, 0.29) is 5.92 Å². The van der Waals surface area contributed by atoms with Gasteiger partial charge in [0, 0.05) is 0 Å². The molecule has 0 bridgehead atoms. The van der Waals surface area contributed by atoms with Crippen LogP contribution in [-0.4, -0.2) is 12.1 Å². The Bertz CT molecular complexity index is 107. The molecule has 0 aliphatic heterocycles. The van der Waals surface area contributed by atoms with E-state index in [4.69, 9.17) is 0 Å². The predicted molar refractivity (Wildman–Crippen MR) is 41.9 cm³/mol. The third-order valence-electron chi connectivity index (χ3n) is 0.929. The molecule has 2 nitrogen and oxygen atoms in total. The Morgan fingerprint density at radius 3 is 2.22 bits per heavy atom. The molecule has 9 heavy (non-hydrogen) atoms. The Labute approximate surface area is 67.7 Å². The fourth-order valence-electron chi connectivity index (χ4n) is 0.355. The number of halogens is 2. The van der Waals surface area contributed by atoms with Crippen molar-refractivity contribution >= 4 is 28.8 Å². The van der Waals surface area contributed by atoms with Crippen molar-refractivity contribution in [1.29, 1.82) is 0 Å². The first-order valence-electron chi connectivity index (χ1n) is 2.64. The van der Waals surface area contributed by atoms with Gasteiger partial charge < -0.3 is 0 Å². The number of nitrogens with one attached hydrogen (secondary N) is 1. The highest BCUT2D eigenvalue weighted by molar-refractivity contribution is 14.1. The topological polar surface area (TPSA) is 29.1 Å². The van der Waals surface area contributed by atoms with E-state index in [0.29, 0.717) is 0 Å². The second-order valence-electron chi connectivity index (χ2n) is 2.10. The van der Waals surface area contributed by atoms with Crippen molar-refractivity contribution in [2.24, 2.45) is 5.92 Å². The van der Waals surface area contributed by atoms with E-state index in [9.17, 15) is 9.18 Å². The fourth-order valence-corrected chi connectivity index (χ4v) is 0.652. The number of rotatable bonds is 2. The summed E-state index contributed by atoms with van der Waals surface area (Å²) in [6.07, 6.45) is -1.37. The Hall–Kier alpha value is 0.130. The van der Waals surface area contributed by atoms with Crippen molar-refractivity contribution in [1.82, 2.24) is 3.53 Å². The van der Waals surface area contributed by atoms with E-state index in [0.717, 1.165) is 0 Å². The molecule has 0 saturated carbocycles. The van der Waals surface area contributed by atoms with Crippen LogP contribution in [0.4, 0.5) is 4.39 Å². The summed E-state index contributed by atoms with van der Waals surface area (Å²) in [5.74, 6) is -0.787. The second-order valence-corrected chi connectivity index (χ2v) is 2.64. The van der Waals surface area contributed by atoms with Crippen molar-refractivity contribution in [3.63, 3.8) is 0 Å². The molecule has 0 fully saturated rings. The van der Waals surface area contributed by atoms with E-state index in [1.54, 1.807) is 36.7 Å². The van der Waals surface area contributed by atoms with E-state index in [2.05, 4.69) is 3.53 Å². The monoisotopic (exact) mass is 245 g/mol. The highest BCUT2D eigenvalue weighted by Crippen LogP contribution is 2.05. The van der Waals surface area contributed by atoms with Crippen LogP contribution in [0.3, 0.4) is 0 Å². The molecule has 0 aliphatic rings. The summed E-state index contributed by atoms with van der Waals surface area (Å²) in [6, 6.07) is 0. The van der Waals surface area contributed by atoms with Crippen LogP contribution in [-0.2, 0) is 4.79 Å². The zero-order valence-electron chi connectivity index (χ0n) is 5.32. The Morgan fingerprint density at radius 1 is 1.67 bits per heavy atom. The predicted octanol–water partition coefficient (Wildman–Crippen LogP) is 1.45. The fraction of sp³-hybridized carbons (Fsp3) is 0.800. The van der Waals surface area contributed by atoms with Crippen LogP contribution < -0.4 is 3.53 Å². The van der Waals surface area contributed by atoms with Gasteiger partial charge in [-0.05, 0) is 5.92 Å². The average Bonchev–Trinajstić information content (AvgIpc) is 1.84. The third-order valence-corrected chi connectivity index (χ3v) is 1.46. The Morgan fingerprint density at radius 2 is 2.11 bits per heavy atom. The van der Waals surface area contributed by atoms with Gasteiger partial charge in [0.05, 0.1) is 22.9 Å². The first-order chi connectivity index (χ1) is 4.09. The van der Waals surface area contributed by atoms with Gasteiger partial charge in [0.2, 0.25) is 0 Å². The van der Waals surface area contributed by atoms with Crippen LogP contribution in [0.5, 0.6) is 0 Å². The maximum absolute atomic E-state index is 12.5. The number of alkyl halides is 1. The molecule has 0 radical (unpaired) electrons. The summed E-state index contributed by atoms with van der Waals surface area (Å²) < 4.78 is 14.7. The highest BCUT2D eigenvalue weighted by Gasteiger charge is 2.19. The van der Waals surface area contributed by atoms with Gasteiger partial charge >= 0.3 is 0 Å². The number of carbonyl (C=O) groups is 1. The standard InChI is InChI=1S/C5H9FINO/c1-3(2)4(6)5(9)8-7/h3-4H,1-2H3,(H,8,9)/t4-/m0/s1. The Kier molecular flexibility index (Phi) is 4.09. The van der Waals surface area contributed by atoms with Crippen molar-refractivity contribution < 1.29 is 9.18 Å². The van der Waals surface area contributed by atoms with Gasteiger partial charge in [0.25, 0.3) is 5.91 Å². The molecule has 0 unspecified atom stereocenters. The van der Waals surface area contributed by atoms with Gasteiger partial charge in [0.1, 0.15) is 0 Å². The molecule has 0 aromatic carbocycles. The molecule has 1 atom stereocenters. The molecule has 0 aromatic rings. The molecule has 4 heteroatoms. The molecule has 0 saturated heterocycles. The van der Waals surface area contributed by atoms with Crippen LogP contribution >= 0.6 is 22.9 Å². The zero-order chi connectivity index (χ0) is 7.44. The lowest BCUT2D eigenvalue weighted by Crippen LogP contribution is -2.28. The molecule has 0 spiro atoms. The lowest BCUT2D eigenvalue weighted by Gasteiger charge is -2.07. The molecule has 0 aliphatic carbocycles. The average molecular weight is 245 g/mol. The largest absolute Gasteiger partial charge is 0.296 e. The Balaban J connectivity index is 3.72. The van der Waals surface area contributed by atoms with Gasteiger partial charge in [-0.1, -0.05) is 13.8 Å². The van der Waals surface area contributed by atoms with Crippen molar-refractivity contribution in [2.45, 2.75) is 20.0 Å². The van der Waals surface area contributed by atoms with Crippen molar-refractivity contribution in [3.8, 4) is 0 Å². The minimum atomic E-state index is -1.37. The summed E-state index contributed by atoms with van der Waals surface area (Å²) >= 11 is 1.62. The summed E-state index contributed by atoms with van der Waals surface area (Å²) in [5.41, 5.74) is 0. The van der Waals surface area contributed by atoms with Crippen molar-refractivity contribution in [2.75, 3.05) is 0 Å². The van der Waals surface area contributed by atoms with Gasteiger partial charge in [-0.3, -0.25) is 8.32 Å². The maximum Gasteiger partial charge on any atom is 0.263 e. The van der Waals surface area contributed by atoms with E-state index in [1.165, 1.54) is 0 Å². The molecular formula is C5H9FINO. The van der Waals surface area contributed by atoms with Gasteiger partial charge in [-0.2, -0.15) is 0 Å². The molecule has 54 valence electrons. The third kappa shape index (κ3) is 2.98. The van der Waals surface area contributed by atoms with Gasteiger partial charge in [0.15, 0.2) is 6.17 Å². The second kappa shape index (κ2) is 4.03. The first-order valence-corrected chi connectivity index (χ1v) is 3.72. The molecule has 1 N–H and O–H groups in total. The number of carbonyl (C=O) groups excluding carboxylic acids is 1. The summed E-state index contributed by atoms with van der Waals surface area (Å²) in [4.78, 5) is 10.5. The number of hydrogen-bond donors (Lipinski definition) is 1. The lowest BCUT2D eigenvalue weighted by molar-refractivity contribution is -0.124. The molecular weight excluding hydrogens is 236 g/mol. The van der Waals surface area contributed by atoms with Crippen LogP contribution in [0, 0.1) is 5.92 Å². The van der Waals surface area contributed by atoms with Gasteiger partial charge in [-0.15, -0.1) is 0 Å². The quantitative estimate of drug-likeness (QED) is 0.579. The summed E-state index contributed by atoms with van der Waals surface area (Å²) in [6.45, 7) is 3.33.